The first-order chi connectivity index (χ1) is 17.4. The first kappa shape index (κ1) is 27.2. The Balaban J connectivity index is 1.05. The molecule has 0 radical (unpaired) electrons. The largest absolute Gasteiger partial charge is 0.463 e. The summed E-state index contributed by atoms with van der Waals surface area (Å²) in [5.74, 6) is 0.211. The van der Waals surface area contributed by atoms with Crippen LogP contribution in [-0.2, 0) is 32.2 Å². The molecule has 2 aromatic carbocycles. The average molecular weight is 610 g/mol. The number of nitrogens with zero attached hydrogens (tertiary/aromatic N) is 1. The fraction of sp³-hybridized carbons (Fsp3) is 0.536. The number of benzene rings is 2. The maximum absolute atomic E-state index is 12.4. The van der Waals surface area contributed by atoms with Crippen LogP contribution in [0.3, 0.4) is 0 Å². The van der Waals surface area contributed by atoms with Crippen LogP contribution in [0, 0.1) is 3.57 Å². The highest BCUT2D eigenvalue weighted by atomic mass is 127. The number of cyclic esters (lactones) is 1. The summed E-state index contributed by atoms with van der Waals surface area (Å²) in [5, 5.41) is 0. The molecule has 0 unspecified atom stereocenters. The van der Waals surface area contributed by atoms with Crippen molar-refractivity contribution in [2.45, 2.75) is 64.6 Å². The van der Waals surface area contributed by atoms with Gasteiger partial charge in [-0.05, 0) is 70.8 Å². The fourth-order valence-electron chi connectivity index (χ4n) is 4.32. The van der Waals surface area contributed by atoms with E-state index >= 15 is 0 Å². The van der Waals surface area contributed by atoms with E-state index in [1.165, 1.54) is 9.13 Å². The molecule has 1 fully saturated rings. The second-order valence-corrected chi connectivity index (χ2v) is 10.9. The Morgan fingerprint density at radius 1 is 1.03 bits per heavy atom. The molecule has 36 heavy (non-hydrogen) atoms. The van der Waals surface area contributed by atoms with Gasteiger partial charge in [-0.25, -0.2) is 4.79 Å². The van der Waals surface area contributed by atoms with E-state index < -0.39 is 5.79 Å². The number of unbranched alkanes of at least 4 members (excludes halogenated alkanes) is 3. The van der Waals surface area contributed by atoms with E-state index in [-0.39, 0.29) is 12.2 Å². The van der Waals surface area contributed by atoms with Crippen molar-refractivity contribution in [2.24, 2.45) is 0 Å². The summed E-state index contributed by atoms with van der Waals surface area (Å²) < 4.78 is 29.8. The molecule has 2 aliphatic rings. The van der Waals surface area contributed by atoms with Crippen molar-refractivity contribution in [3.8, 4) is 5.75 Å². The van der Waals surface area contributed by atoms with Gasteiger partial charge in [0.2, 0.25) is 5.79 Å². The Morgan fingerprint density at radius 3 is 2.72 bits per heavy atom. The van der Waals surface area contributed by atoms with E-state index in [9.17, 15) is 4.79 Å². The van der Waals surface area contributed by atoms with Crippen LogP contribution >= 0.6 is 22.6 Å². The van der Waals surface area contributed by atoms with Crippen molar-refractivity contribution in [1.29, 1.82) is 0 Å². The number of ether oxygens (including phenoxy) is 5. The van der Waals surface area contributed by atoms with Crippen LogP contribution in [0.2, 0.25) is 0 Å². The summed E-state index contributed by atoms with van der Waals surface area (Å²) in [7, 11) is 0. The summed E-state index contributed by atoms with van der Waals surface area (Å²) in [4.78, 5) is 14.2. The Bertz CT molecular complexity index is 1010. The molecule has 0 bridgehead atoms. The van der Waals surface area contributed by atoms with Crippen LogP contribution in [0.15, 0.2) is 42.5 Å². The monoisotopic (exact) mass is 609 g/mol. The van der Waals surface area contributed by atoms with E-state index in [4.69, 9.17) is 23.7 Å². The number of hydrogen-bond acceptors (Lipinski definition) is 6. The highest BCUT2D eigenvalue weighted by Gasteiger charge is 2.33. The summed E-state index contributed by atoms with van der Waals surface area (Å²) in [6.07, 6.45) is 3.63. The van der Waals surface area contributed by atoms with Gasteiger partial charge in [0.1, 0.15) is 11.9 Å². The quantitative estimate of drug-likeness (QED) is 0.199. The van der Waals surface area contributed by atoms with E-state index in [2.05, 4.69) is 40.8 Å². The number of fused-ring (bicyclic) bond motifs is 1. The predicted octanol–water partition coefficient (Wildman–Crippen LogP) is 6.22. The van der Waals surface area contributed by atoms with E-state index in [0.29, 0.717) is 39.5 Å². The lowest BCUT2D eigenvalue weighted by Gasteiger charge is -2.32. The van der Waals surface area contributed by atoms with E-state index in [1.54, 1.807) is 0 Å². The van der Waals surface area contributed by atoms with Crippen LogP contribution < -0.4 is 4.74 Å². The third-order valence-corrected chi connectivity index (χ3v) is 6.94. The third kappa shape index (κ3) is 8.06. The molecule has 1 saturated heterocycles. The van der Waals surface area contributed by atoms with Crippen LogP contribution in [-0.4, -0.2) is 49.7 Å². The number of halogens is 1. The SMILES string of the molecule is CC1(C)OCc2cc([C@@H]3CN(CCCCCCOCCOCc4cccc(I)c4)C(=O)O3)ccc2O1. The summed E-state index contributed by atoms with van der Waals surface area (Å²) in [6.45, 7) is 8.16. The Kier molecular flexibility index (Phi) is 9.87. The molecule has 8 heteroatoms. The van der Waals surface area contributed by atoms with Crippen LogP contribution in [0.5, 0.6) is 5.75 Å². The highest BCUT2D eigenvalue weighted by molar-refractivity contribution is 14.1. The minimum atomic E-state index is -0.618. The van der Waals surface area contributed by atoms with Crippen molar-refractivity contribution in [3.63, 3.8) is 0 Å². The van der Waals surface area contributed by atoms with Gasteiger partial charge in [0.15, 0.2) is 0 Å². The van der Waals surface area contributed by atoms with Crippen molar-refractivity contribution in [2.75, 3.05) is 32.9 Å². The van der Waals surface area contributed by atoms with Crippen LogP contribution in [0.25, 0.3) is 0 Å². The predicted molar refractivity (Wildman–Crippen MR) is 145 cm³/mol. The maximum Gasteiger partial charge on any atom is 0.410 e. The Hall–Kier alpha value is -1.88. The van der Waals surface area contributed by atoms with Gasteiger partial charge in [0, 0.05) is 36.1 Å². The zero-order valence-electron chi connectivity index (χ0n) is 21.2. The Labute approximate surface area is 227 Å². The molecule has 2 aliphatic heterocycles. The molecule has 196 valence electrons. The maximum atomic E-state index is 12.4. The zero-order valence-corrected chi connectivity index (χ0v) is 23.3. The van der Waals surface area contributed by atoms with Gasteiger partial charge < -0.3 is 28.6 Å². The fourth-order valence-corrected chi connectivity index (χ4v) is 4.93. The number of carbonyl (C=O) groups is 1. The highest BCUT2D eigenvalue weighted by Crippen LogP contribution is 2.35. The number of carbonyl (C=O) groups excluding carboxylic acids is 1. The number of rotatable bonds is 13. The molecule has 0 N–H and O–H groups in total. The zero-order chi connectivity index (χ0) is 25.4. The minimum Gasteiger partial charge on any atom is -0.463 e. The molecule has 2 heterocycles. The summed E-state index contributed by atoms with van der Waals surface area (Å²) in [6, 6.07) is 14.3. The van der Waals surface area contributed by atoms with Crippen LogP contribution in [0.1, 0.15) is 62.3 Å². The molecule has 1 atom stereocenters. The minimum absolute atomic E-state index is 0.236. The molecule has 0 spiro atoms. The van der Waals surface area contributed by atoms with Gasteiger partial charge in [0.05, 0.1) is 33.0 Å². The van der Waals surface area contributed by atoms with Crippen molar-refractivity contribution in [3.05, 3.63) is 62.7 Å². The third-order valence-electron chi connectivity index (χ3n) is 6.27. The molecule has 0 aliphatic carbocycles. The normalized spacial score (nSPS) is 18.6. The van der Waals surface area contributed by atoms with Gasteiger partial charge in [-0.1, -0.05) is 31.0 Å². The summed E-state index contributed by atoms with van der Waals surface area (Å²) in [5.41, 5.74) is 3.16. The standard InChI is InChI=1S/C28H36INO6/c1-28(2)34-20-23-17-22(10-11-25(23)36-28)26-18-30(27(31)35-26)12-5-3-4-6-13-32-14-15-33-19-21-8-7-9-24(29)16-21/h7-11,16-17,26H,3-6,12-15,18-20H2,1-2H3/t26-/m0/s1. The molecule has 7 nitrogen and oxygen atoms in total. The van der Waals surface area contributed by atoms with Crippen molar-refractivity contribution in [1.82, 2.24) is 4.90 Å². The molecule has 0 saturated carbocycles. The second-order valence-electron chi connectivity index (χ2n) is 9.69. The second kappa shape index (κ2) is 13.1. The van der Waals surface area contributed by atoms with Gasteiger partial charge in [-0.2, -0.15) is 0 Å². The lowest BCUT2D eigenvalue weighted by molar-refractivity contribution is -0.180. The van der Waals surface area contributed by atoms with Gasteiger partial charge >= 0.3 is 6.09 Å². The van der Waals surface area contributed by atoms with E-state index in [1.807, 2.05) is 43.0 Å². The van der Waals surface area contributed by atoms with Crippen LogP contribution in [0.4, 0.5) is 4.79 Å². The lowest BCUT2D eigenvalue weighted by Crippen LogP contribution is -2.35. The first-order valence-electron chi connectivity index (χ1n) is 12.7. The Morgan fingerprint density at radius 2 is 1.86 bits per heavy atom. The average Bonchev–Trinajstić information content (AvgIpc) is 3.22. The smallest absolute Gasteiger partial charge is 0.410 e. The van der Waals surface area contributed by atoms with Gasteiger partial charge in [-0.3, -0.25) is 0 Å². The number of hydrogen-bond donors (Lipinski definition) is 0. The molecular weight excluding hydrogens is 573 g/mol. The number of amides is 1. The first-order valence-corrected chi connectivity index (χ1v) is 13.8. The van der Waals surface area contributed by atoms with Crippen molar-refractivity contribution >= 4 is 28.7 Å². The lowest BCUT2D eigenvalue weighted by atomic mass is 10.0. The molecule has 4 rings (SSSR count). The summed E-state index contributed by atoms with van der Waals surface area (Å²) >= 11 is 2.31. The van der Waals surface area contributed by atoms with E-state index in [0.717, 1.165) is 49.2 Å². The molecule has 1 amide bonds. The van der Waals surface area contributed by atoms with Gasteiger partial charge in [0.25, 0.3) is 0 Å². The molecular formula is C28H36INO6. The molecule has 0 aromatic heterocycles. The topological polar surface area (TPSA) is 66.5 Å². The molecule has 2 aromatic rings. The van der Waals surface area contributed by atoms with Gasteiger partial charge in [-0.15, -0.1) is 0 Å². The van der Waals surface area contributed by atoms with Crippen molar-refractivity contribution < 1.29 is 28.5 Å².